The summed E-state index contributed by atoms with van der Waals surface area (Å²) in [6, 6.07) is 0. The van der Waals surface area contributed by atoms with Crippen LogP contribution >= 0.6 is 0 Å². The van der Waals surface area contributed by atoms with Crippen LogP contribution in [0.3, 0.4) is 0 Å². The first-order valence-corrected chi connectivity index (χ1v) is 2.90. The standard InChI is InChI=1S/C6H6N2O3/c1-3-7-4(2-9)5(8-3)6(10)11/h2H,1H3,(H,7,8)(H,10,11). The number of rotatable bonds is 2. The highest BCUT2D eigenvalue weighted by molar-refractivity contribution is 5.94. The lowest BCUT2D eigenvalue weighted by Crippen LogP contribution is -2.00. The molecule has 0 bridgehead atoms. The van der Waals surface area contributed by atoms with Crippen LogP contribution in [0.2, 0.25) is 0 Å². The monoisotopic (exact) mass is 154 g/mol. The van der Waals surface area contributed by atoms with E-state index in [2.05, 4.69) is 9.97 Å². The average Bonchev–Trinajstić information content (AvgIpc) is 2.30. The van der Waals surface area contributed by atoms with Crippen LogP contribution < -0.4 is 0 Å². The molecule has 0 saturated carbocycles. The number of carboxylic acids is 1. The molecule has 0 radical (unpaired) electrons. The van der Waals surface area contributed by atoms with Crippen LogP contribution in [0.25, 0.3) is 0 Å². The second-order valence-electron chi connectivity index (χ2n) is 2.01. The van der Waals surface area contributed by atoms with Crippen LogP contribution in [0.1, 0.15) is 26.8 Å². The minimum atomic E-state index is -1.20. The van der Waals surface area contributed by atoms with Crippen molar-refractivity contribution >= 4 is 12.3 Å². The van der Waals surface area contributed by atoms with Crippen LogP contribution in [0.4, 0.5) is 0 Å². The number of aromatic amines is 1. The van der Waals surface area contributed by atoms with Crippen LogP contribution in [0.5, 0.6) is 0 Å². The van der Waals surface area contributed by atoms with E-state index in [0.29, 0.717) is 12.1 Å². The minimum Gasteiger partial charge on any atom is -0.476 e. The Morgan fingerprint density at radius 1 is 1.73 bits per heavy atom. The van der Waals surface area contributed by atoms with Gasteiger partial charge in [0.2, 0.25) is 0 Å². The van der Waals surface area contributed by atoms with Gasteiger partial charge in [0.25, 0.3) is 0 Å². The van der Waals surface area contributed by atoms with Gasteiger partial charge < -0.3 is 10.1 Å². The summed E-state index contributed by atoms with van der Waals surface area (Å²) in [6.45, 7) is 1.58. The molecule has 5 heteroatoms. The fourth-order valence-electron chi connectivity index (χ4n) is 0.758. The molecule has 0 aliphatic rings. The lowest BCUT2D eigenvalue weighted by molar-refractivity contribution is 0.0688. The number of hydrogen-bond acceptors (Lipinski definition) is 3. The van der Waals surface area contributed by atoms with Crippen LogP contribution in [0, 0.1) is 6.92 Å². The number of aryl methyl sites for hydroxylation is 1. The summed E-state index contributed by atoms with van der Waals surface area (Å²) < 4.78 is 0. The largest absolute Gasteiger partial charge is 0.476 e. The molecule has 11 heavy (non-hydrogen) atoms. The number of carboxylic acid groups (broad SMARTS) is 1. The fraction of sp³-hybridized carbons (Fsp3) is 0.167. The molecule has 0 fully saturated rings. The molecule has 1 aromatic rings. The maximum atomic E-state index is 10.4. The Hall–Kier alpha value is -1.65. The van der Waals surface area contributed by atoms with E-state index in [1.807, 2.05) is 0 Å². The molecule has 1 heterocycles. The Balaban J connectivity index is 3.22. The number of H-pyrrole nitrogens is 1. The number of aromatic nitrogens is 2. The molecule has 58 valence electrons. The van der Waals surface area contributed by atoms with Crippen molar-refractivity contribution in [1.82, 2.24) is 9.97 Å². The molecule has 1 rings (SSSR count). The summed E-state index contributed by atoms with van der Waals surface area (Å²) in [5, 5.41) is 8.47. The normalized spacial score (nSPS) is 9.55. The maximum Gasteiger partial charge on any atom is 0.356 e. The van der Waals surface area contributed by atoms with Gasteiger partial charge in [-0.2, -0.15) is 0 Å². The van der Waals surface area contributed by atoms with E-state index in [0.717, 1.165) is 0 Å². The zero-order valence-corrected chi connectivity index (χ0v) is 5.79. The second kappa shape index (κ2) is 2.53. The van der Waals surface area contributed by atoms with E-state index in [9.17, 15) is 9.59 Å². The van der Waals surface area contributed by atoms with E-state index in [4.69, 9.17) is 5.11 Å². The molecular weight excluding hydrogens is 148 g/mol. The van der Waals surface area contributed by atoms with Crippen molar-refractivity contribution in [3.63, 3.8) is 0 Å². The molecule has 0 spiro atoms. The van der Waals surface area contributed by atoms with Crippen molar-refractivity contribution in [2.45, 2.75) is 6.92 Å². The van der Waals surface area contributed by atoms with Gasteiger partial charge in [0.1, 0.15) is 11.5 Å². The number of aldehydes is 1. The van der Waals surface area contributed by atoms with Gasteiger partial charge >= 0.3 is 5.97 Å². The predicted molar refractivity (Wildman–Crippen MR) is 35.7 cm³/mol. The number of hydrogen-bond donors (Lipinski definition) is 2. The van der Waals surface area contributed by atoms with Gasteiger partial charge in [-0.15, -0.1) is 0 Å². The quantitative estimate of drug-likeness (QED) is 0.597. The van der Waals surface area contributed by atoms with E-state index >= 15 is 0 Å². The summed E-state index contributed by atoms with van der Waals surface area (Å²) in [5.41, 5.74) is -0.215. The SMILES string of the molecule is Cc1nc(C(=O)O)c(C=O)[nH]1. The molecule has 1 aromatic heterocycles. The fourth-order valence-corrected chi connectivity index (χ4v) is 0.758. The maximum absolute atomic E-state index is 10.4. The number of carbonyl (C=O) groups is 2. The third-order valence-corrected chi connectivity index (χ3v) is 1.17. The molecule has 2 N–H and O–H groups in total. The van der Waals surface area contributed by atoms with Crippen molar-refractivity contribution in [2.24, 2.45) is 0 Å². The Labute approximate surface area is 62.1 Å². The third-order valence-electron chi connectivity index (χ3n) is 1.17. The highest BCUT2D eigenvalue weighted by Crippen LogP contribution is 2.02. The molecule has 0 amide bonds. The summed E-state index contributed by atoms with van der Waals surface area (Å²) in [6.07, 6.45) is 0.434. The van der Waals surface area contributed by atoms with Crippen LogP contribution in [0.15, 0.2) is 0 Å². The highest BCUT2D eigenvalue weighted by Gasteiger charge is 2.13. The van der Waals surface area contributed by atoms with E-state index in [1.165, 1.54) is 0 Å². The molecule has 0 unspecified atom stereocenters. The Morgan fingerprint density at radius 3 is 2.73 bits per heavy atom. The first kappa shape index (κ1) is 7.46. The van der Waals surface area contributed by atoms with Crippen molar-refractivity contribution in [1.29, 1.82) is 0 Å². The van der Waals surface area contributed by atoms with E-state index in [-0.39, 0.29) is 11.4 Å². The first-order valence-electron chi connectivity index (χ1n) is 2.90. The van der Waals surface area contributed by atoms with Gasteiger partial charge in [0, 0.05) is 0 Å². The molecule has 0 aromatic carbocycles. The van der Waals surface area contributed by atoms with Crippen LogP contribution in [-0.4, -0.2) is 27.3 Å². The molecular formula is C6H6N2O3. The summed E-state index contributed by atoms with van der Waals surface area (Å²) >= 11 is 0. The zero-order chi connectivity index (χ0) is 8.43. The van der Waals surface area contributed by atoms with E-state index < -0.39 is 5.97 Å². The minimum absolute atomic E-state index is 0.00926. The predicted octanol–water partition coefficient (Wildman–Crippen LogP) is 0.229. The van der Waals surface area contributed by atoms with Gasteiger partial charge in [-0.3, -0.25) is 4.79 Å². The lowest BCUT2D eigenvalue weighted by Gasteiger charge is -1.84. The number of nitrogens with zero attached hydrogens (tertiary/aromatic N) is 1. The lowest BCUT2D eigenvalue weighted by atomic mass is 10.3. The summed E-state index contributed by atoms with van der Waals surface area (Å²) in [4.78, 5) is 26.7. The smallest absolute Gasteiger partial charge is 0.356 e. The average molecular weight is 154 g/mol. The van der Waals surface area contributed by atoms with Gasteiger partial charge in [-0.1, -0.05) is 0 Å². The number of imidazole rings is 1. The Morgan fingerprint density at radius 2 is 2.36 bits per heavy atom. The third kappa shape index (κ3) is 1.26. The molecule has 0 saturated heterocycles. The topological polar surface area (TPSA) is 83.0 Å². The van der Waals surface area contributed by atoms with Gasteiger partial charge in [-0.05, 0) is 6.92 Å². The molecule has 0 atom stereocenters. The van der Waals surface area contributed by atoms with Gasteiger partial charge in [-0.25, -0.2) is 9.78 Å². The highest BCUT2D eigenvalue weighted by atomic mass is 16.4. The Kier molecular flexibility index (Phi) is 1.72. The molecule has 5 nitrogen and oxygen atoms in total. The van der Waals surface area contributed by atoms with Crippen molar-refractivity contribution in [3.05, 3.63) is 17.2 Å². The summed E-state index contributed by atoms with van der Waals surface area (Å²) in [5.74, 6) is -0.777. The van der Waals surface area contributed by atoms with Crippen molar-refractivity contribution < 1.29 is 14.7 Å². The second-order valence-corrected chi connectivity index (χ2v) is 2.01. The molecule has 0 aliphatic heterocycles. The van der Waals surface area contributed by atoms with Crippen molar-refractivity contribution in [3.8, 4) is 0 Å². The summed E-state index contributed by atoms with van der Waals surface area (Å²) in [7, 11) is 0. The number of carbonyl (C=O) groups excluding carboxylic acids is 1. The van der Waals surface area contributed by atoms with Crippen molar-refractivity contribution in [2.75, 3.05) is 0 Å². The number of nitrogens with one attached hydrogen (secondary N) is 1. The van der Waals surface area contributed by atoms with Gasteiger partial charge in [0.15, 0.2) is 12.0 Å². The van der Waals surface area contributed by atoms with Gasteiger partial charge in [0.05, 0.1) is 0 Å². The number of aromatic carboxylic acids is 1. The van der Waals surface area contributed by atoms with E-state index in [1.54, 1.807) is 6.92 Å². The Bertz CT molecular complexity index is 303. The zero-order valence-electron chi connectivity index (χ0n) is 5.79. The molecule has 0 aliphatic carbocycles. The van der Waals surface area contributed by atoms with Crippen LogP contribution in [-0.2, 0) is 0 Å². The first-order chi connectivity index (χ1) is 5.15.